The van der Waals surface area contributed by atoms with Crippen LogP contribution in [0.25, 0.3) is 21.8 Å². The van der Waals surface area contributed by atoms with Gasteiger partial charge in [0, 0.05) is 11.4 Å². The van der Waals surface area contributed by atoms with Crippen LogP contribution in [0.15, 0.2) is 91.0 Å². The first-order valence-electron chi connectivity index (χ1n) is 9.44. The molecule has 0 aliphatic heterocycles. The number of imidazole rings is 1. The number of benzene rings is 4. The van der Waals surface area contributed by atoms with Crippen LogP contribution in [-0.2, 0) is 13.0 Å². The van der Waals surface area contributed by atoms with Gasteiger partial charge in [0.1, 0.15) is 5.82 Å². The van der Waals surface area contributed by atoms with E-state index >= 15 is 0 Å². The summed E-state index contributed by atoms with van der Waals surface area (Å²) in [7, 11) is 0. The van der Waals surface area contributed by atoms with Gasteiger partial charge in [0.25, 0.3) is 0 Å². The van der Waals surface area contributed by atoms with Crippen molar-refractivity contribution in [3.63, 3.8) is 0 Å². The summed E-state index contributed by atoms with van der Waals surface area (Å²) in [6.07, 6.45) is 0.778. The summed E-state index contributed by atoms with van der Waals surface area (Å²) in [4.78, 5) is 4.96. The molecular formula is C25H19ClN2. The van der Waals surface area contributed by atoms with Gasteiger partial charge in [-0.3, -0.25) is 0 Å². The van der Waals surface area contributed by atoms with Crippen LogP contribution in [0.4, 0.5) is 0 Å². The highest BCUT2D eigenvalue weighted by molar-refractivity contribution is 6.31. The average Bonchev–Trinajstić information content (AvgIpc) is 3.07. The second kappa shape index (κ2) is 7.14. The van der Waals surface area contributed by atoms with E-state index in [1.165, 1.54) is 16.3 Å². The van der Waals surface area contributed by atoms with E-state index in [1.807, 2.05) is 24.3 Å². The third kappa shape index (κ3) is 3.06. The Bertz CT molecular complexity index is 1280. The van der Waals surface area contributed by atoms with Crippen LogP contribution in [-0.4, -0.2) is 9.55 Å². The van der Waals surface area contributed by atoms with Crippen LogP contribution in [0.3, 0.4) is 0 Å². The van der Waals surface area contributed by atoms with Crippen molar-refractivity contribution >= 4 is 33.4 Å². The molecule has 0 atom stereocenters. The lowest BCUT2D eigenvalue weighted by Gasteiger charge is -2.12. The van der Waals surface area contributed by atoms with E-state index in [4.69, 9.17) is 16.6 Å². The molecule has 0 spiro atoms. The van der Waals surface area contributed by atoms with E-state index in [0.717, 1.165) is 33.9 Å². The minimum atomic E-state index is 0.709. The quantitative estimate of drug-likeness (QED) is 0.347. The van der Waals surface area contributed by atoms with E-state index in [-0.39, 0.29) is 0 Å². The second-order valence-corrected chi connectivity index (χ2v) is 7.42. The van der Waals surface area contributed by atoms with Crippen molar-refractivity contribution in [2.45, 2.75) is 13.0 Å². The van der Waals surface area contributed by atoms with Crippen LogP contribution in [0.1, 0.15) is 17.0 Å². The van der Waals surface area contributed by atoms with Gasteiger partial charge in [0.05, 0.1) is 17.6 Å². The summed E-state index contributed by atoms with van der Waals surface area (Å²) < 4.78 is 2.29. The summed E-state index contributed by atoms with van der Waals surface area (Å²) in [5.74, 6) is 1.05. The van der Waals surface area contributed by atoms with E-state index < -0.39 is 0 Å². The normalized spacial score (nSPS) is 11.3. The topological polar surface area (TPSA) is 17.8 Å². The molecule has 0 bridgehead atoms. The average molecular weight is 383 g/mol. The van der Waals surface area contributed by atoms with Crippen LogP contribution in [0.2, 0.25) is 5.02 Å². The predicted molar refractivity (Wildman–Crippen MR) is 117 cm³/mol. The molecule has 4 aromatic carbocycles. The number of rotatable bonds is 4. The second-order valence-electron chi connectivity index (χ2n) is 7.01. The van der Waals surface area contributed by atoms with E-state index in [1.54, 1.807) is 0 Å². The molecule has 1 heterocycles. The SMILES string of the molecule is Clc1ccccc1Cn1c(Cc2cccc3ccccc23)nc2ccccc21. The molecule has 0 amide bonds. The molecule has 0 radical (unpaired) electrons. The van der Waals surface area contributed by atoms with Gasteiger partial charge < -0.3 is 4.57 Å². The molecule has 5 aromatic rings. The molecular weight excluding hydrogens is 364 g/mol. The Labute approximate surface area is 169 Å². The maximum Gasteiger partial charge on any atom is 0.114 e. The molecule has 5 rings (SSSR count). The highest BCUT2D eigenvalue weighted by Gasteiger charge is 2.14. The van der Waals surface area contributed by atoms with Gasteiger partial charge in [-0.1, -0.05) is 84.4 Å². The van der Waals surface area contributed by atoms with Gasteiger partial charge in [0.2, 0.25) is 0 Å². The lowest BCUT2D eigenvalue weighted by Crippen LogP contribution is -2.06. The van der Waals surface area contributed by atoms with Crippen molar-refractivity contribution in [2.75, 3.05) is 0 Å². The number of aromatic nitrogens is 2. The van der Waals surface area contributed by atoms with Crippen molar-refractivity contribution < 1.29 is 0 Å². The number of halogens is 1. The number of nitrogens with zero attached hydrogens (tertiary/aromatic N) is 2. The van der Waals surface area contributed by atoms with Crippen LogP contribution >= 0.6 is 11.6 Å². The molecule has 28 heavy (non-hydrogen) atoms. The lowest BCUT2D eigenvalue weighted by atomic mass is 10.0. The summed E-state index contributed by atoms with van der Waals surface area (Å²) in [5, 5.41) is 3.33. The maximum absolute atomic E-state index is 6.45. The monoisotopic (exact) mass is 382 g/mol. The van der Waals surface area contributed by atoms with Gasteiger partial charge >= 0.3 is 0 Å². The van der Waals surface area contributed by atoms with E-state index in [9.17, 15) is 0 Å². The Morgan fingerprint density at radius 2 is 1.43 bits per heavy atom. The molecule has 3 heteroatoms. The molecule has 2 nitrogen and oxygen atoms in total. The van der Waals surface area contributed by atoms with Gasteiger partial charge in [-0.25, -0.2) is 4.98 Å². The first kappa shape index (κ1) is 17.0. The standard InChI is InChI=1S/C25H19ClN2/c26-22-13-4-2-9-20(22)17-28-24-15-6-5-14-23(24)27-25(28)16-19-11-7-10-18-8-1-3-12-21(18)19/h1-15H,16-17H2. The zero-order chi connectivity index (χ0) is 18.9. The molecule has 136 valence electrons. The highest BCUT2D eigenvalue weighted by atomic mass is 35.5. The van der Waals surface area contributed by atoms with Crippen molar-refractivity contribution in [3.05, 3.63) is 113 Å². The van der Waals surface area contributed by atoms with E-state index in [0.29, 0.717) is 6.54 Å². The number of fused-ring (bicyclic) bond motifs is 2. The van der Waals surface area contributed by atoms with Gasteiger partial charge in [0.15, 0.2) is 0 Å². The van der Waals surface area contributed by atoms with Gasteiger partial charge in [-0.15, -0.1) is 0 Å². The number of para-hydroxylation sites is 2. The molecule has 0 unspecified atom stereocenters. The first-order valence-corrected chi connectivity index (χ1v) is 9.81. The zero-order valence-corrected chi connectivity index (χ0v) is 16.1. The fourth-order valence-corrected chi connectivity index (χ4v) is 4.05. The summed E-state index contributed by atoms with van der Waals surface area (Å²) in [5.41, 5.74) is 4.54. The van der Waals surface area contributed by atoms with Crippen molar-refractivity contribution in [2.24, 2.45) is 0 Å². The molecule has 0 aliphatic carbocycles. The molecule has 0 N–H and O–H groups in total. The van der Waals surface area contributed by atoms with Crippen molar-refractivity contribution in [1.82, 2.24) is 9.55 Å². The first-order chi connectivity index (χ1) is 13.8. The predicted octanol–water partition coefficient (Wildman–Crippen LogP) is 6.48. The smallest absolute Gasteiger partial charge is 0.114 e. The van der Waals surface area contributed by atoms with Crippen LogP contribution in [0.5, 0.6) is 0 Å². The fourth-order valence-electron chi connectivity index (χ4n) is 3.85. The summed E-state index contributed by atoms with van der Waals surface area (Å²) in [6.45, 7) is 0.709. The Morgan fingerprint density at radius 1 is 0.714 bits per heavy atom. The molecule has 0 fully saturated rings. The summed E-state index contributed by atoms with van der Waals surface area (Å²) >= 11 is 6.45. The van der Waals surface area contributed by atoms with Crippen LogP contribution in [0, 0.1) is 0 Å². The Hall–Kier alpha value is -3.10. The van der Waals surface area contributed by atoms with Crippen molar-refractivity contribution in [3.8, 4) is 0 Å². The lowest BCUT2D eigenvalue weighted by molar-refractivity contribution is 0.764. The third-order valence-corrected chi connectivity index (χ3v) is 5.62. The van der Waals surface area contributed by atoms with Gasteiger partial charge in [-0.2, -0.15) is 0 Å². The van der Waals surface area contributed by atoms with Crippen LogP contribution < -0.4 is 0 Å². The minimum absolute atomic E-state index is 0.709. The largest absolute Gasteiger partial charge is 0.323 e. The highest BCUT2D eigenvalue weighted by Crippen LogP contribution is 2.25. The molecule has 1 aromatic heterocycles. The van der Waals surface area contributed by atoms with E-state index in [2.05, 4.69) is 71.3 Å². The molecule has 0 saturated heterocycles. The zero-order valence-electron chi connectivity index (χ0n) is 15.3. The Kier molecular flexibility index (Phi) is 4.34. The molecule has 0 saturated carbocycles. The summed E-state index contributed by atoms with van der Waals surface area (Å²) in [6, 6.07) is 31.3. The Morgan fingerprint density at radius 3 is 2.36 bits per heavy atom. The fraction of sp³-hybridized carbons (Fsp3) is 0.0800. The number of hydrogen-bond acceptors (Lipinski definition) is 1. The van der Waals surface area contributed by atoms with Crippen molar-refractivity contribution in [1.29, 1.82) is 0 Å². The van der Waals surface area contributed by atoms with Gasteiger partial charge in [-0.05, 0) is 40.1 Å². The Balaban J connectivity index is 1.64. The molecule has 0 aliphatic rings. The minimum Gasteiger partial charge on any atom is -0.323 e. The number of hydrogen-bond donors (Lipinski definition) is 0. The maximum atomic E-state index is 6.45. The third-order valence-electron chi connectivity index (χ3n) is 5.25.